The third kappa shape index (κ3) is 4.91. The van der Waals surface area contributed by atoms with Crippen molar-refractivity contribution >= 4 is 11.7 Å². The van der Waals surface area contributed by atoms with E-state index in [1.165, 1.54) is 0 Å². The average molecular weight is 488 g/mol. The first-order valence-electron chi connectivity index (χ1n) is 12.6. The van der Waals surface area contributed by atoms with Gasteiger partial charge in [0.2, 0.25) is 5.95 Å². The van der Waals surface area contributed by atoms with Crippen LogP contribution in [0.1, 0.15) is 53.0 Å². The number of nitrogens with zero attached hydrogens (tertiary/aromatic N) is 3. The lowest BCUT2D eigenvalue weighted by Crippen LogP contribution is -2.44. The van der Waals surface area contributed by atoms with E-state index in [1.54, 1.807) is 0 Å². The molecule has 36 heavy (non-hydrogen) atoms. The molecule has 0 spiro atoms. The zero-order chi connectivity index (χ0) is 25.4. The second-order valence-electron chi connectivity index (χ2n) is 10.4. The van der Waals surface area contributed by atoms with Gasteiger partial charge < -0.3 is 19.9 Å². The zero-order valence-corrected chi connectivity index (χ0v) is 21.4. The molecular formula is C28H33N5O3. The molecular weight excluding hydrogens is 454 g/mol. The summed E-state index contributed by atoms with van der Waals surface area (Å²) in [4.78, 5) is 40.0. The second-order valence-corrected chi connectivity index (χ2v) is 10.4. The first-order chi connectivity index (χ1) is 17.2. The molecule has 1 aromatic carbocycles. The van der Waals surface area contributed by atoms with Crippen molar-refractivity contribution in [3.63, 3.8) is 0 Å². The summed E-state index contributed by atoms with van der Waals surface area (Å²) in [5.41, 5.74) is 5.21. The Labute approximate surface area is 211 Å². The quantitative estimate of drug-likeness (QED) is 0.514. The fourth-order valence-corrected chi connectivity index (χ4v) is 5.15. The molecule has 0 aliphatic carbocycles. The van der Waals surface area contributed by atoms with Crippen molar-refractivity contribution in [2.24, 2.45) is 0 Å². The number of pyridine rings is 1. The molecule has 2 aliphatic heterocycles. The number of rotatable bonds is 6. The van der Waals surface area contributed by atoms with E-state index in [4.69, 9.17) is 4.74 Å². The highest BCUT2D eigenvalue weighted by atomic mass is 16.5. The van der Waals surface area contributed by atoms with E-state index < -0.39 is 0 Å². The molecule has 4 heterocycles. The maximum Gasteiger partial charge on any atom is 0.251 e. The van der Waals surface area contributed by atoms with Gasteiger partial charge in [-0.05, 0) is 63.4 Å². The third-order valence-corrected chi connectivity index (χ3v) is 6.93. The minimum absolute atomic E-state index is 0.00138. The monoisotopic (exact) mass is 487 g/mol. The number of hydrogen-bond donors (Lipinski definition) is 2. The molecule has 0 unspecified atom stereocenters. The highest BCUT2D eigenvalue weighted by Gasteiger charge is 2.33. The van der Waals surface area contributed by atoms with Crippen LogP contribution in [0.2, 0.25) is 0 Å². The Balaban J connectivity index is 1.44. The van der Waals surface area contributed by atoms with Crippen molar-refractivity contribution < 1.29 is 9.53 Å². The van der Waals surface area contributed by atoms with Crippen LogP contribution in [0.25, 0.3) is 11.1 Å². The lowest BCUT2D eigenvalue weighted by Gasteiger charge is -2.27. The van der Waals surface area contributed by atoms with E-state index in [-0.39, 0.29) is 23.4 Å². The Morgan fingerprint density at radius 2 is 1.83 bits per heavy atom. The number of piperazine rings is 1. The lowest BCUT2D eigenvalue weighted by molar-refractivity contribution is 0.0982. The smallest absolute Gasteiger partial charge is 0.251 e. The maximum absolute atomic E-state index is 13.3. The molecule has 5 rings (SSSR count). The van der Waals surface area contributed by atoms with Crippen LogP contribution in [-0.4, -0.2) is 52.5 Å². The van der Waals surface area contributed by atoms with Crippen molar-refractivity contribution in [1.29, 1.82) is 0 Å². The summed E-state index contributed by atoms with van der Waals surface area (Å²) in [6.07, 6.45) is 5.01. The molecule has 1 fully saturated rings. The first-order valence-corrected chi connectivity index (χ1v) is 12.6. The van der Waals surface area contributed by atoms with E-state index >= 15 is 0 Å². The van der Waals surface area contributed by atoms with Crippen molar-refractivity contribution in [3.8, 4) is 16.9 Å². The Morgan fingerprint density at radius 3 is 2.53 bits per heavy atom. The van der Waals surface area contributed by atoms with Crippen LogP contribution < -0.4 is 20.5 Å². The summed E-state index contributed by atoms with van der Waals surface area (Å²) in [7, 11) is 0. The Hall–Kier alpha value is -3.52. The normalized spacial score (nSPS) is 16.5. The number of fused-ring (bicyclic) bond motifs is 1. The number of ketones is 1. The van der Waals surface area contributed by atoms with Crippen LogP contribution in [0.15, 0.2) is 35.4 Å². The van der Waals surface area contributed by atoms with Gasteiger partial charge in [0.1, 0.15) is 11.4 Å². The fraction of sp³-hybridized carbons (Fsp3) is 0.429. The molecule has 8 heteroatoms. The molecule has 8 nitrogen and oxygen atoms in total. The van der Waals surface area contributed by atoms with Gasteiger partial charge in [-0.2, -0.15) is 0 Å². The zero-order valence-electron chi connectivity index (χ0n) is 21.4. The molecule has 0 atom stereocenters. The number of Topliss-reactive ketones (excluding diaryl/α,β-unsaturated/α-hetero) is 1. The van der Waals surface area contributed by atoms with Crippen LogP contribution in [0.4, 0.5) is 5.95 Å². The minimum atomic E-state index is -0.355. The molecule has 188 valence electrons. The molecule has 3 aromatic rings. The standard InChI is InChI=1S/C28H33N5O3/c1-17-11-18(2)32-26(35)22(17)5-6-24(34)19-12-20-14-28(3,4)36-25(20)23(13-19)21-15-30-27(31-16-21)33-9-7-29-8-10-33/h11-13,15-16,29H,5-10,14H2,1-4H3,(H,32,35). The van der Waals surface area contributed by atoms with E-state index in [0.717, 1.165) is 59.9 Å². The summed E-state index contributed by atoms with van der Waals surface area (Å²) < 4.78 is 6.30. The Morgan fingerprint density at radius 1 is 1.11 bits per heavy atom. The van der Waals surface area contributed by atoms with Crippen molar-refractivity contribution in [3.05, 3.63) is 68.9 Å². The topological polar surface area (TPSA) is 100 Å². The predicted octanol–water partition coefficient (Wildman–Crippen LogP) is 3.39. The number of H-pyrrole nitrogens is 1. The lowest BCUT2D eigenvalue weighted by atomic mass is 9.93. The number of ether oxygens (including phenoxy) is 1. The number of hydrogen-bond acceptors (Lipinski definition) is 7. The highest BCUT2D eigenvalue weighted by molar-refractivity contribution is 5.98. The highest BCUT2D eigenvalue weighted by Crippen LogP contribution is 2.43. The summed E-state index contributed by atoms with van der Waals surface area (Å²) in [5.74, 6) is 1.51. The molecule has 0 radical (unpaired) electrons. The molecule has 2 aromatic heterocycles. The van der Waals surface area contributed by atoms with Crippen molar-refractivity contribution in [1.82, 2.24) is 20.3 Å². The van der Waals surface area contributed by atoms with Gasteiger partial charge in [0.25, 0.3) is 5.56 Å². The minimum Gasteiger partial charge on any atom is -0.487 e. The molecule has 0 bridgehead atoms. The molecule has 0 amide bonds. The summed E-state index contributed by atoms with van der Waals surface area (Å²) in [6.45, 7) is 11.5. The SMILES string of the molecule is Cc1cc(C)c(CCC(=O)c2cc3c(c(-c4cnc(N5CCNCC5)nc4)c2)OC(C)(C)C3)c(=O)[nH]1. The van der Waals surface area contributed by atoms with Gasteiger partial charge in [-0.3, -0.25) is 9.59 Å². The predicted molar refractivity (Wildman–Crippen MR) is 140 cm³/mol. The van der Waals surface area contributed by atoms with Gasteiger partial charge >= 0.3 is 0 Å². The summed E-state index contributed by atoms with van der Waals surface area (Å²) >= 11 is 0. The van der Waals surface area contributed by atoms with Crippen LogP contribution in [0.5, 0.6) is 5.75 Å². The number of benzene rings is 1. The number of aromatic nitrogens is 3. The van der Waals surface area contributed by atoms with Crippen LogP contribution in [0, 0.1) is 13.8 Å². The van der Waals surface area contributed by atoms with Crippen LogP contribution >= 0.6 is 0 Å². The second kappa shape index (κ2) is 9.50. The van der Waals surface area contributed by atoms with Gasteiger partial charge in [0, 0.05) is 79.4 Å². The maximum atomic E-state index is 13.3. The summed E-state index contributed by atoms with van der Waals surface area (Å²) in [5, 5.41) is 3.34. The fourth-order valence-electron chi connectivity index (χ4n) is 5.15. The number of anilines is 1. The number of carbonyl (C=O) groups excluding carboxylic acids is 1. The van der Waals surface area contributed by atoms with E-state index in [2.05, 4.69) is 39.0 Å². The average Bonchev–Trinajstić information content (AvgIpc) is 3.17. The Kier molecular flexibility index (Phi) is 6.38. The van der Waals surface area contributed by atoms with Gasteiger partial charge in [0.05, 0.1) is 0 Å². The van der Waals surface area contributed by atoms with E-state index in [0.29, 0.717) is 29.9 Å². The molecule has 2 N–H and O–H groups in total. The van der Waals surface area contributed by atoms with E-state index in [1.807, 2.05) is 44.4 Å². The third-order valence-electron chi connectivity index (χ3n) is 6.93. The summed E-state index contributed by atoms with van der Waals surface area (Å²) in [6, 6.07) is 5.77. The van der Waals surface area contributed by atoms with Crippen molar-refractivity contribution in [2.75, 3.05) is 31.1 Å². The number of nitrogens with one attached hydrogen (secondary N) is 2. The van der Waals surface area contributed by atoms with Crippen LogP contribution in [-0.2, 0) is 12.8 Å². The molecule has 1 saturated heterocycles. The number of carbonyl (C=O) groups is 1. The molecule has 0 saturated carbocycles. The molecule has 2 aliphatic rings. The number of aryl methyl sites for hydroxylation is 2. The van der Waals surface area contributed by atoms with Gasteiger partial charge in [-0.1, -0.05) is 0 Å². The van der Waals surface area contributed by atoms with Gasteiger partial charge in [-0.15, -0.1) is 0 Å². The van der Waals surface area contributed by atoms with E-state index in [9.17, 15) is 9.59 Å². The van der Waals surface area contributed by atoms with Gasteiger partial charge in [0.15, 0.2) is 5.78 Å². The van der Waals surface area contributed by atoms with Crippen molar-refractivity contribution in [2.45, 2.75) is 52.6 Å². The van der Waals surface area contributed by atoms with Crippen LogP contribution in [0.3, 0.4) is 0 Å². The Bertz CT molecular complexity index is 1350. The largest absolute Gasteiger partial charge is 0.487 e. The number of aromatic amines is 1. The first kappa shape index (κ1) is 24.2. The van der Waals surface area contributed by atoms with Gasteiger partial charge in [-0.25, -0.2) is 9.97 Å².